The first-order valence-electron chi connectivity index (χ1n) is 5.08. The molecule has 4 nitrogen and oxygen atoms in total. The molecule has 0 aliphatic heterocycles. The first-order valence-corrected chi connectivity index (χ1v) is 5.84. The molecule has 94 valence electrons. The van der Waals surface area contributed by atoms with Gasteiger partial charge in [-0.2, -0.15) is 0 Å². The van der Waals surface area contributed by atoms with Gasteiger partial charge in [0.25, 0.3) is 0 Å². The van der Waals surface area contributed by atoms with E-state index >= 15 is 0 Å². The third-order valence-corrected chi connectivity index (χ3v) is 2.81. The van der Waals surface area contributed by atoms with Gasteiger partial charge in [-0.1, -0.05) is 29.3 Å². The summed E-state index contributed by atoms with van der Waals surface area (Å²) in [5, 5.41) is 12.5. The molecular weight excluding hydrogens is 263 g/mol. The lowest BCUT2D eigenvalue weighted by atomic mass is 10.2. The number of urea groups is 1. The Bertz CT molecular complexity index is 399. The largest absolute Gasteiger partial charge is 0.395 e. The number of nitrogens with zero attached hydrogens (tertiary/aromatic N) is 1. The predicted octanol–water partition coefficient (Wildman–Crippen LogP) is 2.13. The summed E-state index contributed by atoms with van der Waals surface area (Å²) in [4.78, 5) is 12.9. The third kappa shape index (κ3) is 4.42. The zero-order chi connectivity index (χ0) is 12.8. The number of carbonyl (C=O) groups excluding carboxylic acids is 1. The van der Waals surface area contributed by atoms with Crippen LogP contribution in [0.5, 0.6) is 0 Å². The molecule has 0 spiro atoms. The van der Waals surface area contributed by atoms with Gasteiger partial charge >= 0.3 is 6.03 Å². The number of halogens is 2. The highest BCUT2D eigenvalue weighted by atomic mass is 35.5. The minimum Gasteiger partial charge on any atom is -0.395 e. The number of aliphatic hydroxyl groups is 1. The van der Waals surface area contributed by atoms with Crippen LogP contribution < -0.4 is 5.32 Å². The highest BCUT2D eigenvalue weighted by Crippen LogP contribution is 2.20. The molecule has 6 heteroatoms. The van der Waals surface area contributed by atoms with Gasteiger partial charge < -0.3 is 15.3 Å². The summed E-state index contributed by atoms with van der Waals surface area (Å²) in [5.74, 6) is 0. The lowest BCUT2D eigenvalue weighted by molar-refractivity contribution is 0.190. The molecule has 0 bridgehead atoms. The maximum absolute atomic E-state index is 11.5. The van der Waals surface area contributed by atoms with Crippen molar-refractivity contribution in [2.45, 2.75) is 6.54 Å². The van der Waals surface area contributed by atoms with Crippen molar-refractivity contribution in [3.63, 3.8) is 0 Å². The van der Waals surface area contributed by atoms with Crippen molar-refractivity contribution < 1.29 is 9.90 Å². The van der Waals surface area contributed by atoms with Gasteiger partial charge in [-0.05, 0) is 17.7 Å². The van der Waals surface area contributed by atoms with Crippen LogP contribution in [-0.2, 0) is 6.54 Å². The van der Waals surface area contributed by atoms with E-state index in [0.717, 1.165) is 5.56 Å². The van der Waals surface area contributed by atoms with Crippen molar-refractivity contribution in [1.29, 1.82) is 0 Å². The number of nitrogens with one attached hydrogen (secondary N) is 1. The predicted molar refractivity (Wildman–Crippen MR) is 68.4 cm³/mol. The minimum atomic E-state index is -0.259. The second-order valence-corrected chi connectivity index (χ2v) is 4.38. The Balaban J connectivity index is 2.53. The quantitative estimate of drug-likeness (QED) is 0.885. The Labute approximate surface area is 110 Å². The number of benzene rings is 1. The molecule has 0 saturated carbocycles. The van der Waals surface area contributed by atoms with Gasteiger partial charge in [0.1, 0.15) is 0 Å². The number of amides is 2. The number of likely N-dealkylation sites (N-methyl/N-ethyl adjacent to an activating group) is 1. The molecule has 0 fully saturated rings. The summed E-state index contributed by atoms with van der Waals surface area (Å²) in [6.07, 6.45) is 0. The molecule has 1 aromatic carbocycles. The first-order chi connectivity index (χ1) is 8.04. The van der Waals surface area contributed by atoms with Crippen LogP contribution in [0.2, 0.25) is 10.0 Å². The van der Waals surface area contributed by atoms with Crippen LogP contribution >= 0.6 is 23.2 Å². The first kappa shape index (κ1) is 14.1. The van der Waals surface area contributed by atoms with Crippen molar-refractivity contribution in [2.24, 2.45) is 0 Å². The molecule has 1 aromatic rings. The Kier molecular flexibility index (Phi) is 5.55. The Morgan fingerprint density at radius 3 is 2.76 bits per heavy atom. The molecule has 0 aromatic heterocycles. The van der Waals surface area contributed by atoms with Crippen molar-refractivity contribution in [3.05, 3.63) is 33.8 Å². The summed E-state index contributed by atoms with van der Waals surface area (Å²) < 4.78 is 0. The third-order valence-electron chi connectivity index (χ3n) is 2.23. The number of aliphatic hydroxyl groups excluding tert-OH is 1. The minimum absolute atomic E-state index is 0.0639. The van der Waals surface area contributed by atoms with Crippen molar-refractivity contribution in [2.75, 3.05) is 20.2 Å². The van der Waals surface area contributed by atoms with Gasteiger partial charge in [-0.3, -0.25) is 0 Å². The summed E-state index contributed by atoms with van der Waals surface area (Å²) in [7, 11) is 1.61. The smallest absolute Gasteiger partial charge is 0.317 e. The number of carbonyl (C=O) groups is 1. The topological polar surface area (TPSA) is 52.6 Å². The van der Waals surface area contributed by atoms with Crippen LogP contribution in [0, 0.1) is 0 Å². The maximum atomic E-state index is 11.5. The molecule has 0 aliphatic carbocycles. The molecule has 0 heterocycles. The van der Waals surface area contributed by atoms with E-state index in [-0.39, 0.29) is 12.6 Å². The SMILES string of the molecule is CN(CCO)C(=O)NCc1ccc(Cl)cc1Cl. The van der Waals surface area contributed by atoms with Crippen molar-refractivity contribution in [1.82, 2.24) is 10.2 Å². The lowest BCUT2D eigenvalue weighted by Gasteiger charge is -2.16. The van der Waals surface area contributed by atoms with Gasteiger partial charge in [0.05, 0.1) is 6.61 Å². The summed E-state index contributed by atoms with van der Waals surface area (Å²) in [5.41, 5.74) is 0.793. The highest BCUT2D eigenvalue weighted by molar-refractivity contribution is 6.35. The van der Waals surface area contributed by atoms with Crippen LogP contribution in [0.3, 0.4) is 0 Å². The number of rotatable bonds is 4. The molecule has 2 N–H and O–H groups in total. The van der Waals surface area contributed by atoms with Crippen LogP contribution in [0.1, 0.15) is 5.56 Å². The molecule has 0 radical (unpaired) electrons. The van der Waals surface area contributed by atoms with Crippen LogP contribution in [0.4, 0.5) is 4.79 Å². The van der Waals surface area contributed by atoms with Crippen LogP contribution in [0.15, 0.2) is 18.2 Å². The lowest BCUT2D eigenvalue weighted by Crippen LogP contribution is -2.38. The molecule has 0 aliphatic rings. The monoisotopic (exact) mass is 276 g/mol. The Hall–Kier alpha value is -0.970. The van der Waals surface area contributed by atoms with E-state index in [9.17, 15) is 4.79 Å². The van der Waals surface area contributed by atoms with E-state index < -0.39 is 0 Å². The van der Waals surface area contributed by atoms with Gasteiger partial charge in [-0.25, -0.2) is 4.79 Å². The second-order valence-electron chi connectivity index (χ2n) is 3.54. The zero-order valence-electron chi connectivity index (χ0n) is 9.41. The molecular formula is C11H14Cl2N2O2. The second kappa shape index (κ2) is 6.69. The fraction of sp³-hybridized carbons (Fsp3) is 0.364. The summed E-state index contributed by atoms with van der Waals surface area (Å²) in [6.45, 7) is 0.552. The van der Waals surface area contributed by atoms with Gasteiger partial charge in [0.2, 0.25) is 0 Å². The molecule has 17 heavy (non-hydrogen) atoms. The normalized spacial score (nSPS) is 10.1. The fourth-order valence-electron chi connectivity index (χ4n) is 1.22. The standard InChI is InChI=1S/C11H14Cl2N2O2/c1-15(4-5-16)11(17)14-7-8-2-3-9(12)6-10(8)13/h2-3,6,16H,4-5,7H2,1H3,(H,14,17). The Morgan fingerprint density at radius 2 is 2.18 bits per heavy atom. The van der Waals surface area contributed by atoms with E-state index in [1.165, 1.54) is 4.90 Å². The van der Waals surface area contributed by atoms with E-state index in [1.807, 2.05) is 0 Å². The fourth-order valence-corrected chi connectivity index (χ4v) is 1.70. The number of hydrogen-bond donors (Lipinski definition) is 2. The van der Waals surface area contributed by atoms with E-state index in [2.05, 4.69) is 5.32 Å². The average molecular weight is 277 g/mol. The zero-order valence-corrected chi connectivity index (χ0v) is 10.9. The van der Waals surface area contributed by atoms with Crippen molar-refractivity contribution in [3.8, 4) is 0 Å². The number of hydrogen-bond acceptors (Lipinski definition) is 2. The summed E-state index contributed by atoms with van der Waals surface area (Å²) >= 11 is 11.7. The van der Waals surface area contributed by atoms with Gasteiger partial charge in [0, 0.05) is 30.2 Å². The maximum Gasteiger partial charge on any atom is 0.317 e. The van der Waals surface area contributed by atoms with Crippen molar-refractivity contribution >= 4 is 29.2 Å². The van der Waals surface area contributed by atoms with E-state index in [1.54, 1.807) is 25.2 Å². The molecule has 0 saturated heterocycles. The molecule has 0 unspecified atom stereocenters. The van der Waals surface area contributed by atoms with Gasteiger partial charge in [0.15, 0.2) is 0 Å². The molecule has 0 atom stereocenters. The molecule has 2 amide bonds. The average Bonchev–Trinajstić information content (AvgIpc) is 2.27. The van der Waals surface area contributed by atoms with E-state index in [0.29, 0.717) is 23.1 Å². The van der Waals surface area contributed by atoms with Crippen LogP contribution in [0.25, 0.3) is 0 Å². The van der Waals surface area contributed by atoms with Crippen LogP contribution in [-0.4, -0.2) is 36.2 Å². The van der Waals surface area contributed by atoms with E-state index in [4.69, 9.17) is 28.3 Å². The highest BCUT2D eigenvalue weighted by Gasteiger charge is 2.08. The Morgan fingerprint density at radius 1 is 1.47 bits per heavy atom. The summed E-state index contributed by atoms with van der Waals surface area (Å²) in [6, 6.07) is 4.84. The van der Waals surface area contributed by atoms with Gasteiger partial charge in [-0.15, -0.1) is 0 Å². The molecule has 1 rings (SSSR count).